The molecule has 0 saturated carbocycles. The van der Waals surface area contributed by atoms with Gasteiger partial charge in [-0.15, -0.1) is 0 Å². The number of piperazine rings is 1. The minimum Gasteiger partial charge on any atom is -0.337 e. The van der Waals surface area contributed by atoms with Crippen molar-refractivity contribution in [2.75, 3.05) is 33.2 Å². The smallest absolute Gasteiger partial charge is 0.246 e. The molecule has 5 heteroatoms. The van der Waals surface area contributed by atoms with Crippen LogP contribution >= 0.6 is 23.2 Å². The molecule has 1 aromatic carbocycles. The largest absolute Gasteiger partial charge is 0.337 e. The van der Waals surface area contributed by atoms with Gasteiger partial charge in [-0.1, -0.05) is 29.3 Å². The number of rotatable bonds is 2. The Bertz CT molecular complexity index is 474. The summed E-state index contributed by atoms with van der Waals surface area (Å²) in [7, 11) is 2.06. The molecule has 1 saturated heterocycles. The van der Waals surface area contributed by atoms with Crippen molar-refractivity contribution in [1.82, 2.24) is 9.80 Å². The van der Waals surface area contributed by atoms with Gasteiger partial charge in [0.05, 0.1) is 0 Å². The van der Waals surface area contributed by atoms with Crippen LogP contribution in [0.3, 0.4) is 0 Å². The van der Waals surface area contributed by atoms with E-state index in [1.807, 2.05) is 4.90 Å². The Balaban J connectivity index is 2.04. The Kier molecular flexibility index (Phi) is 4.86. The van der Waals surface area contributed by atoms with E-state index in [-0.39, 0.29) is 5.91 Å². The maximum atomic E-state index is 12.0. The van der Waals surface area contributed by atoms with Crippen molar-refractivity contribution < 1.29 is 4.79 Å². The summed E-state index contributed by atoms with van der Waals surface area (Å²) in [6.07, 6.45) is 3.23. The maximum Gasteiger partial charge on any atom is 0.246 e. The lowest BCUT2D eigenvalue weighted by Crippen LogP contribution is -2.46. The topological polar surface area (TPSA) is 23.6 Å². The molecule has 1 aliphatic rings. The highest BCUT2D eigenvalue weighted by Gasteiger charge is 2.16. The van der Waals surface area contributed by atoms with Gasteiger partial charge in [-0.25, -0.2) is 0 Å². The number of carbonyl (C=O) groups is 1. The second kappa shape index (κ2) is 6.42. The summed E-state index contributed by atoms with van der Waals surface area (Å²) >= 11 is 12.1. The van der Waals surface area contributed by atoms with Gasteiger partial charge in [-0.3, -0.25) is 4.79 Å². The van der Waals surface area contributed by atoms with Crippen molar-refractivity contribution in [1.29, 1.82) is 0 Å². The summed E-state index contributed by atoms with van der Waals surface area (Å²) in [5.74, 6) is 0.00378. The highest BCUT2D eigenvalue weighted by atomic mass is 35.5. The first kappa shape index (κ1) is 14.4. The van der Waals surface area contributed by atoms with Crippen molar-refractivity contribution >= 4 is 35.2 Å². The Morgan fingerprint density at radius 3 is 2.32 bits per heavy atom. The third-order valence-electron chi connectivity index (χ3n) is 3.21. The van der Waals surface area contributed by atoms with E-state index in [1.165, 1.54) is 0 Å². The summed E-state index contributed by atoms with van der Waals surface area (Å²) < 4.78 is 0. The normalized spacial score (nSPS) is 17.1. The van der Waals surface area contributed by atoms with Crippen LogP contribution in [0.5, 0.6) is 0 Å². The van der Waals surface area contributed by atoms with E-state index in [2.05, 4.69) is 11.9 Å². The van der Waals surface area contributed by atoms with Gasteiger partial charge in [-0.2, -0.15) is 0 Å². The lowest BCUT2D eigenvalue weighted by atomic mass is 10.2. The summed E-state index contributed by atoms with van der Waals surface area (Å²) in [5.41, 5.74) is 0.688. The number of hydrogen-bond acceptors (Lipinski definition) is 2. The van der Waals surface area contributed by atoms with E-state index in [0.29, 0.717) is 15.6 Å². The predicted octanol–water partition coefficient (Wildman–Crippen LogP) is 2.78. The minimum atomic E-state index is 0.00378. The zero-order valence-corrected chi connectivity index (χ0v) is 12.3. The van der Waals surface area contributed by atoms with Crippen molar-refractivity contribution in [2.24, 2.45) is 0 Å². The van der Waals surface area contributed by atoms with Crippen molar-refractivity contribution in [3.63, 3.8) is 0 Å². The average Bonchev–Trinajstić information content (AvgIpc) is 2.38. The molecule has 1 amide bonds. The van der Waals surface area contributed by atoms with Crippen LogP contribution in [0.4, 0.5) is 0 Å². The van der Waals surface area contributed by atoms with Gasteiger partial charge in [0.25, 0.3) is 0 Å². The Morgan fingerprint density at radius 2 is 1.74 bits per heavy atom. The quantitative estimate of drug-likeness (QED) is 0.784. The molecule has 0 unspecified atom stereocenters. The third-order valence-corrected chi connectivity index (χ3v) is 3.87. The zero-order valence-electron chi connectivity index (χ0n) is 10.8. The molecule has 0 N–H and O–H groups in total. The van der Waals surface area contributed by atoms with E-state index < -0.39 is 0 Å². The predicted molar refractivity (Wildman–Crippen MR) is 79.6 cm³/mol. The molecule has 1 fully saturated rings. The van der Waals surface area contributed by atoms with Crippen molar-refractivity contribution in [2.45, 2.75) is 0 Å². The molecule has 102 valence electrons. The van der Waals surface area contributed by atoms with E-state index in [4.69, 9.17) is 23.2 Å². The lowest BCUT2D eigenvalue weighted by Gasteiger charge is -2.31. The van der Waals surface area contributed by atoms with Crippen LogP contribution in [0.25, 0.3) is 6.08 Å². The third kappa shape index (κ3) is 3.72. The molecule has 1 aromatic rings. The molecule has 19 heavy (non-hydrogen) atoms. The number of carbonyl (C=O) groups excluding carboxylic acids is 1. The van der Waals surface area contributed by atoms with E-state index in [0.717, 1.165) is 26.2 Å². The second-order valence-electron chi connectivity index (χ2n) is 4.60. The first-order valence-corrected chi connectivity index (χ1v) is 6.93. The molecular weight excluding hydrogens is 283 g/mol. The first-order valence-electron chi connectivity index (χ1n) is 6.17. The van der Waals surface area contributed by atoms with Gasteiger partial charge >= 0.3 is 0 Å². The minimum absolute atomic E-state index is 0.00378. The lowest BCUT2D eigenvalue weighted by molar-refractivity contribution is -0.127. The Hall–Kier alpha value is -1.03. The molecule has 0 spiro atoms. The summed E-state index contributed by atoms with van der Waals surface area (Å²) in [4.78, 5) is 16.1. The molecule has 3 nitrogen and oxygen atoms in total. The van der Waals surface area contributed by atoms with Crippen LogP contribution in [-0.2, 0) is 4.79 Å². The zero-order chi connectivity index (χ0) is 13.8. The number of nitrogens with zero attached hydrogens (tertiary/aromatic N) is 2. The van der Waals surface area contributed by atoms with Gasteiger partial charge in [0.1, 0.15) is 0 Å². The van der Waals surface area contributed by atoms with Crippen LogP contribution in [0, 0.1) is 0 Å². The van der Waals surface area contributed by atoms with Crippen molar-refractivity contribution in [3.8, 4) is 0 Å². The maximum absolute atomic E-state index is 12.0. The first-order chi connectivity index (χ1) is 9.08. The highest BCUT2D eigenvalue weighted by Crippen LogP contribution is 2.25. The van der Waals surface area contributed by atoms with E-state index >= 15 is 0 Å². The molecule has 0 bridgehead atoms. The van der Waals surface area contributed by atoms with Gasteiger partial charge in [0, 0.05) is 47.9 Å². The van der Waals surface area contributed by atoms with Crippen LogP contribution in [-0.4, -0.2) is 48.9 Å². The fraction of sp³-hybridized carbons (Fsp3) is 0.357. The molecule has 0 aliphatic carbocycles. The van der Waals surface area contributed by atoms with E-state index in [9.17, 15) is 4.79 Å². The molecule has 0 aromatic heterocycles. The SMILES string of the molecule is CN1CCN(C(=O)/C=C/c2c(Cl)cccc2Cl)CC1. The summed E-state index contributed by atoms with van der Waals surface area (Å²) in [6.45, 7) is 3.34. The van der Waals surface area contributed by atoms with Gasteiger partial charge in [-0.05, 0) is 25.3 Å². The number of halogens is 2. The standard InChI is InChI=1S/C14H16Cl2N2O/c1-17-7-9-18(10-8-17)14(19)6-5-11-12(15)3-2-4-13(11)16/h2-6H,7-10H2,1H3/b6-5+. The molecule has 0 radical (unpaired) electrons. The molecule has 1 aliphatic heterocycles. The number of hydrogen-bond donors (Lipinski definition) is 0. The van der Waals surface area contributed by atoms with Gasteiger partial charge in [0.15, 0.2) is 0 Å². The Morgan fingerprint density at radius 1 is 1.16 bits per heavy atom. The van der Waals surface area contributed by atoms with Crippen LogP contribution in [0.2, 0.25) is 10.0 Å². The summed E-state index contributed by atoms with van der Waals surface area (Å²) in [6, 6.07) is 5.30. The molecule has 1 heterocycles. The van der Waals surface area contributed by atoms with Crippen LogP contribution < -0.4 is 0 Å². The summed E-state index contributed by atoms with van der Waals surface area (Å²) in [5, 5.41) is 1.10. The molecule has 2 rings (SSSR count). The number of benzene rings is 1. The molecular formula is C14H16Cl2N2O. The number of likely N-dealkylation sites (N-methyl/N-ethyl adjacent to an activating group) is 1. The van der Waals surface area contributed by atoms with E-state index in [1.54, 1.807) is 30.4 Å². The van der Waals surface area contributed by atoms with Crippen molar-refractivity contribution in [3.05, 3.63) is 39.9 Å². The highest BCUT2D eigenvalue weighted by molar-refractivity contribution is 6.37. The molecule has 0 atom stereocenters. The fourth-order valence-electron chi connectivity index (χ4n) is 1.96. The van der Waals surface area contributed by atoms with Gasteiger partial charge in [0.2, 0.25) is 5.91 Å². The Labute approximate surface area is 123 Å². The second-order valence-corrected chi connectivity index (χ2v) is 5.41. The fourth-order valence-corrected chi connectivity index (χ4v) is 2.48. The number of amides is 1. The van der Waals surface area contributed by atoms with Crippen LogP contribution in [0.15, 0.2) is 24.3 Å². The van der Waals surface area contributed by atoms with Crippen LogP contribution in [0.1, 0.15) is 5.56 Å². The monoisotopic (exact) mass is 298 g/mol. The average molecular weight is 299 g/mol. The van der Waals surface area contributed by atoms with Gasteiger partial charge < -0.3 is 9.80 Å².